The van der Waals surface area contributed by atoms with Crippen LogP contribution in [0, 0.1) is 5.82 Å². The van der Waals surface area contributed by atoms with E-state index >= 15 is 4.39 Å². The number of hydrogen-bond acceptors (Lipinski definition) is 9. The number of aromatic nitrogens is 3. The van der Waals surface area contributed by atoms with Gasteiger partial charge >= 0.3 is 12.1 Å². The highest BCUT2D eigenvalue weighted by molar-refractivity contribution is 6.03. The summed E-state index contributed by atoms with van der Waals surface area (Å²) in [7, 11) is 0. The zero-order valence-electron chi connectivity index (χ0n) is 30.4. The minimum Gasteiger partial charge on any atom is -0.461 e. The smallest absolute Gasteiger partial charge is 0.408 e. The summed E-state index contributed by atoms with van der Waals surface area (Å²) in [4.78, 5) is 31.3. The number of halogens is 2. The van der Waals surface area contributed by atoms with Crippen LogP contribution >= 0.6 is 0 Å². The van der Waals surface area contributed by atoms with Crippen molar-refractivity contribution in [2.24, 2.45) is 0 Å². The largest absolute Gasteiger partial charge is 0.461 e. The second kappa shape index (κ2) is 14.2. The molecule has 1 amide bonds. The normalized spacial score (nSPS) is 23.8. The maximum absolute atomic E-state index is 17.1. The van der Waals surface area contributed by atoms with Crippen molar-refractivity contribution in [3.63, 3.8) is 0 Å². The average Bonchev–Trinajstić information content (AvgIpc) is 3.62. The van der Waals surface area contributed by atoms with E-state index in [1.807, 2.05) is 81.1 Å². The number of alkyl halides is 1. The summed E-state index contributed by atoms with van der Waals surface area (Å²) in [5.74, 6) is -0.152. The summed E-state index contributed by atoms with van der Waals surface area (Å²) in [6, 6.07) is 11.6. The molecule has 4 aromatic rings. The molecule has 52 heavy (non-hydrogen) atoms. The number of nitrogens with one attached hydrogen (secondary N) is 1. The molecule has 2 N–H and O–H groups in total. The first-order valence-electron chi connectivity index (χ1n) is 18.3. The van der Waals surface area contributed by atoms with Crippen LogP contribution in [-0.4, -0.2) is 93.3 Å². The van der Waals surface area contributed by atoms with Crippen LogP contribution in [0.5, 0.6) is 6.01 Å². The van der Waals surface area contributed by atoms with Crippen molar-refractivity contribution in [3.8, 4) is 17.3 Å². The number of nitrogens with zero attached hydrogens (tertiary/aromatic N) is 5. The van der Waals surface area contributed by atoms with Gasteiger partial charge in [0.15, 0.2) is 5.82 Å². The number of aliphatic hydroxyl groups is 1. The number of hydrogen-bond donors (Lipinski definition) is 2. The fourth-order valence-electron chi connectivity index (χ4n) is 8.23. The Bertz CT molecular complexity index is 2000. The van der Waals surface area contributed by atoms with Gasteiger partial charge in [-0.1, -0.05) is 48.6 Å². The quantitative estimate of drug-likeness (QED) is 0.186. The Morgan fingerprint density at radius 2 is 1.92 bits per heavy atom. The third-order valence-corrected chi connectivity index (χ3v) is 10.5. The van der Waals surface area contributed by atoms with Gasteiger partial charge in [0.25, 0.3) is 0 Å². The van der Waals surface area contributed by atoms with E-state index in [-0.39, 0.29) is 30.4 Å². The molecule has 0 saturated carbocycles. The SMILES string of the molecule is CC(C)(C)OC(=O)N[C@]1(C)CCCN(c2nc(OC[C@@]34CCCN3C[C@H](F)C4)nc3c(F)c(-c4cccc5cccc(/C=C/CCO)c45)ncc23)C1. The third-order valence-electron chi connectivity index (χ3n) is 10.5. The predicted octanol–water partition coefficient (Wildman–Crippen LogP) is 7.22. The second-order valence-electron chi connectivity index (χ2n) is 15.8. The Morgan fingerprint density at radius 1 is 1.13 bits per heavy atom. The number of aliphatic hydroxyl groups excluding tert-OH is 1. The molecule has 7 rings (SSSR count). The average molecular weight is 715 g/mol. The van der Waals surface area contributed by atoms with Crippen LogP contribution < -0.4 is 15.0 Å². The van der Waals surface area contributed by atoms with Gasteiger partial charge < -0.3 is 24.8 Å². The van der Waals surface area contributed by atoms with Gasteiger partial charge in [-0.3, -0.25) is 9.88 Å². The number of carbonyl (C=O) groups is 1. The van der Waals surface area contributed by atoms with Crippen molar-refractivity contribution in [1.82, 2.24) is 25.2 Å². The number of amides is 1. The molecule has 0 aliphatic carbocycles. The van der Waals surface area contributed by atoms with Gasteiger partial charge in [-0.15, -0.1) is 0 Å². The summed E-state index contributed by atoms with van der Waals surface area (Å²) in [5.41, 5.74) is -0.0523. The Labute approximate surface area is 303 Å². The molecular formula is C40H48F2N6O4. The zero-order chi connectivity index (χ0) is 36.7. The van der Waals surface area contributed by atoms with E-state index in [0.717, 1.165) is 42.1 Å². The predicted molar refractivity (Wildman–Crippen MR) is 199 cm³/mol. The van der Waals surface area contributed by atoms with Crippen molar-refractivity contribution in [3.05, 3.63) is 60.1 Å². The maximum atomic E-state index is 17.1. The second-order valence-corrected chi connectivity index (χ2v) is 15.8. The van der Waals surface area contributed by atoms with Gasteiger partial charge in [-0.05, 0) is 82.7 Å². The van der Waals surface area contributed by atoms with Gasteiger partial charge in [0.1, 0.15) is 35.4 Å². The third kappa shape index (κ3) is 7.28. The Hall–Kier alpha value is -4.42. The molecule has 5 heterocycles. The monoisotopic (exact) mass is 714 g/mol. The molecule has 3 saturated heterocycles. The number of pyridine rings is 1. The first kappa shape index (κ1) is 36.0. The Balaban J connectivity index is 1.31. The number of fused-ring (bicyclic) bond motifs is 3. The number of ether oxygens (including phenoxy) is 2. The molecule has 12 heteroatoms. The van der Waals surface area contributed by atoms with E-state index in [1.165, 1.54) is 0 Å². The van der Waals surface area contributed by atoms with E-state index in [1.54, 1.807) is 6.20 Å². The van der Waals surface area contributed by atoms with E-state index < -0.39 is 34.8 Å². The molecule has 2 aromatic carbocycles. The van der Waals surface area contributed by atoms with Gasteiger partial charge in [0.05, 0.1) is 16.5 Å². The minimum atomic E-state index is -0.921. The Morgan fingerprint density at radius 3 is 2.71 bits per heavy atom. The fourth-order valence-corrected chi connectivity index (χ4v) is 8.23. The lowest BCUT2D eigenvalue weighted by molar-refractivity contribution is 0.0454. The molecule has 3 aliphatic heterocycles. The van der Waals surface area contributed by atoms with Crippen molar-refractivity contribution in [2.75, 3.05) is 44.3 Å². The van der Waals surface area contributed by atoms with Crippen LogP contribution in [0.3, 0.4) is 0 Å². The topological polar surface area (TPSA) is 113 Å². The van der Waals surface area contributed by atoms with Crippen LogP contribution in [-0.2, 0) is 4.74 Å². The number of carbonyl (C=O) groups excluding carboxylic acids is 1. The van der Waals surface area contributed by atoms with Gasteiger partial charge in [0, 0.05) is 44.4 Å². The number of alkyl carbamates (subject to hydrolysis) is 1. The molecule has 0 unspecified atom stereocenters. The van der Waals surface area contributed by atoms with Crippen LogP contribution in [0.2, 0.25) is 0 Å². The van der Waals surface area contributed by atoms with Crippen LogP contribution in [0.15, 0.2) is 48.7 Å². The van der Waals surface area contributed by atoms with E-state index in [0.29, 0.717) is 55.7 Å². The lowest BCUT2D eigenvalue weighted by Crippen LogP contribution is -2.57. The highest BCUT2D eigenvalue weighted by atomic mass is 19.1. The van der Waals surface area contributed by atoms with Crippen molar-refractivity contribution in [2.45, 2.75) is 89.1 Å². The molecular weight excluding hydrogens is 666 g/mol. The molecule has 3 fully saturated rings. The van der Waals surface area contributed by atoms with Crippen LogP contribution in [0.4, 0.5) is 19.4 Å². The first-order chi connectivity index (χ1) is 24.9. The number of anilines is 1. The molecule has 2 aromatic heterocycles. The zero-order valence-corrected chi connectivity index (χ0v) is 30.4. The molecule has 276 valence electrons. The fraction of sp³-hybridized carbons (Fsp3) is 0.500. The van der Waals surface area contributed by atoms with Crippen molar-refractivity contribution < 1.29 is 28.2 Å². The van der Waals surface area contributed by atoms with Gasteiger partial charge in [0.2, 0.25) is 0 Å². The number of piperidine rings is 1. The first-order valence-corrected chi connectivity index (χ1v) is 18.3. The maximum Gasteiger partial charge on any atom is 0.408 e. The summed E-state index contributed by atoms with van der Waals surface area (Å²) in [5, 5.41) is 14.6. The highest BCUT2D eigenvalue weighted by Crippen LogP contribution is 2.41. The summed E-state index contributed by atoms with van der Waals surface area (Å²) >= 11 is 0. The van der Waals surface area contributed by atoms with Gasteiger partial charge in [-0.25, -0.2) is 13.6 Å². The van der Waals surface area contributed by atoms with Crippen LogP contribution in [0.1, 0.15) is 71.8 Å². The number of rotatable bonds is 9. The lowest BCUT2D eigenvalue weighted by Gasteiger charge is -2.42. The van der Waals surface area contributed by atoms with E-state index in [2.05, 4.69) is 15.2 Å². The summed E-state index contributed by atoms with van der Waals surface area (Å²) < 4.78 is 43.7. The molecule has 3 aliphatic rings. The molecule has 0 radical (unpaired) electrons. The van der Waals surface area contributed by atoms with Crippen molar-refractivity contribution >= 4 is 39.7 Å². The highest BCUT2D eigenvalue weighted by Gasteiger charge is 2.49. The van der Waals surface area contributed by atoms with E-state index in [4.69, 9.17) is 19.4 Å². The molecule has 0 spiro atoms. The summed E-state index contributed by atoms with van der Waals surface area (Å²) in [6.45, 7) is 9.85. The van der Waals surface area contributed by atoms with Crippen LogP contribution in [0.25, 0.3) is 39.0 Å². The van der Waals surface area contributed by atoms with Gasteiger partial charge in [-0.2, -0.15) is 9.97 Å². The standard InChI is InChI=1S/C40H48F2N6O4/c1-38(2,3)52-37(50)46-39(4)16-9-18-47(24-39)35-30-22-43-33(29-15-8-14-27-13-7-12-26(31(27)29)11-5-6-20-49)32(42)34(30)44-36(45-35)51-25-40-17-10-19-48(40)23-28(41)21-40/h5,7-8,11-15,22,28,49H,6,9-10,16-21,23-25H2,1-4H3,(H,46,50)/b11-5+/t28-,39-,40+/m1/s1. The Kier molecular flexibility index (Phi) is 9.81. The molecule has 0 bridgehead atoms. The minimum absolute atomic E-state index is 0.0139. The molecule has 10 nitrogen and oxygen atoms in total. The lowest BCUT2D eigenvalue weighted by atomic mass is 9.91. The summed E-state index contributed by atoms with van der Waals surface area (Å²) in [6.07, 6.45) is 8.12. The van der Waals surface area contributed by atoms with Crippen molar-refractivity contribution in [1.29, 1.82) is 0 Å². The van der Waals surface area contributed by atoms with E-state index in [9.17, 15) is 14.3 Å². The number of benzene rings is 2. The molecule has 3 atom stereocenters.